The van der Waals surface area contributed by atoms with Crippen molar-refractivity contribution in [1.82, 2.24) is 5.43 Å². The van der Waals surface area contributed by atoms with Gasteiger partial charge in [0.15, 0.2) is 5.75 Å². The third-order valence-electron chi connectivity index (χ3n) is 4.70. The number of nitrogens with zero attached hydrogens (tertiary/aromatic N) is 1. The van der Waals surface area contributed by atoms with Gasteiger partial charge < -0.3 is 4.74 Å². The number of hydrogen-bond acceptors (Lipinski definition) is 3. The van der Waals surface area contributed by atoms with Gasteiger partial charge in [-0.2, -0.15) is 0 Å². The fourth-order valence-corrected chi connectivity index (χ4v) is 3.85. The highest BCUT2D eigenvalue weighted by Gasteiger charge is 2.34. The van der Waals surface area contributed by atoms with Crippen molar-refractivity contribution < 1.29 is 14.3 Å². The van der Waals surface area contributed by atoms with Gasteiger partial charge in [-0.1, -0.05) is 71.2 Å². The van der Waals surface area contributed by atoms with Gasteiger partial charge in [0.25, 0.3) is 11.8 Å². The van der Waals surface area contributed by atoms with Crippen molar-refractivity contribution in [3.63, 3.8) is 0 Å². The molecule has 5 nitrogen and oxygen atoms in total. The first kappa shape index (κ1) is 21.0. The van der Waals surface area contributed by atoms with Crippen molar-refractivity contribution in [2.75, 3.05) is 5.01 Å². The van der Waals surface area contributed by atoms with Gasteiger partial charge >= 0.3 is 0 Å². The van der Waals surface area contributed by atoms with Crippen molar-refractivity contribution in [2.24, 2.45) is 0 Å². The maximum absolute atomic E-state index is 12.7. The summed E-state index contributed by atoms with van der Waals surface area (Å²) >= 11 is 12.8. The molecule has 0 unspecified atom stereocenters. The molecule has 0 aromatic heterocycles. The molecule has 1 fully saturated rings. The number of ether oxygens (including phenoxy) is 1. The normalized spacial score (nSPS) is 14.8. The number of halogens is 2. The lowest BCUT2D eigenvalue weighted by molar-refractivity contribution is -0.117. The van der Waals surface area contributed by atoms with E-state index in [1.165, 1.54) is 11.1 Å². The Morgan fingerprint density at radius 3 is 2.35 bits per heavy atom. The highest BCUT2D eigenvalue weighted by Crippen LogP contribution is 2.36. The van der Waals surface area contributed by atoms with Crippen LogP contribution in [0.2, 0.25) is 10.0 Å². The number of hydrazine groups is 1. The Hall–Kier alpha value is -3.28. The highest BCUT2D eigenvalue weighted by atomic mass is 35.5. The number of aryl methyl sites for hydroxylation is 1. The van der Waals surface area contributed by atoms with Crippen LogP contribution in [0.25, 0.3) is 6.08 Å². The van der Waals surface area contributed by atoms with Gasteiger partial charge in [0.1, 0.15) is 12.2 Å². The molecule has 3 aromatic carbocycles. The summed E-state index contributed by atoms with van der Waals surface area (Å²) in [7, 11) is 0. The van der Waals surface area contributed by atoms with Crippen LogP contribution in [0.4, 0.5) is 5.69 Å². The number of benzene rings is 3. The topological polar surface area (TPSA) is 58.6 Å². The molecule has 1 N–H and O–H groups in total. The van der Waals surface area contributed by atoms with Crippen molar-refractivity contribution in [3.8, 4) is 5.75 Å². The van der Waals surface area contributed by atoms with Crippen LogP contribution in [0.15, 0.2) is 72.3 Å². The SMILES string of the molecule is Cc1cccc(COc2c(Cl)cc(C=C3C(=O)NN(c4ccccc4)C3=O)cc2Cl)c1. The van der Waals surface area contributed by atoms with Crippen molar-refractivity contribution in [2.45, 2.75) is 13.5 Å². The molecule has 31 heavy (non-hydrogen) atoms. The molecule has 2 amide bonds. The summed E-state index contributed by atoms with van der Waals surface area (Å²) < 4.78 is 5.81. The second-order valence-electron chi connectivity index (χ2n) is 7.07. The molecule has 1 saturated heterocycles. The maximum Gasteiger partial charge on any atom is 0.282 e. The van der Waals surface area contributed by atoms with Gasteiger partial charge in [-0.05, 0) is 48.4 Å². The van der Waals surface area contributed by atoms with E-state index in [1.54, 1.807) is 36.4 Å². The lowest BCUT2D eigenvalue weighted by atomic mass is 10.1. The molecule has 4 rings (SSSR count). The molecule has 1 aliphatic rings. The second kappa shape index (κ2) is 8.84. The van der Waals surface area contributed by atoms with E-state index in [-0.39, 0.29) is 15.6 Å². The maximum atomic E-state index is 12.7. The largest absolute Gasteiger partial charge is 0.486 e. The minimum atomic E-state index is -0.499. The average molecular weight is 453 g/mol. The molecule has 0 saturated carbocycles. The van der Waals surface area contributed by atoms with Gasteiger partial charge in [-0.25, -0.2) is 5.01 Å². The Kier molecular flexibility index (Phi) is 5.98. The summed E-state index contributed by atoms with van der Waals surface area (Å²) in [6.07, 6.45) is 1.46. The smallest absolute Gasteiger partial charge is 0.282 e. The van der Waals surface area contributed by atoms with Crippen LogP contribution in [0.1, 0.15) is 16.7 Å². The highest BCUT2D eigenvalue weighted by molar-refractivity contribution is 6.37. The fraction of sp³-hybridized carbons (Fsp3) is 0.0833. The summed E-state index contributed by atoms with van der Waals surface area (Å²) in [5, 5.41) is 1.78. The van der Waals surface area contributed by atoms with E-state index in [0.717, 1.165) is 11.1 Å². The van der Waals surface area contributed by atoms with Crippen LogP contribution in [0.5, 0.6) is 5.75 Å². The number of anilines is 1. The van der Waals surface area contributed by atoms with Gasteiger partial charge in [0.05, 0.1) is 15.7 Å². The predicted octanol–water partition coefficient (Wildman–Crippen LogP) is 5.34. The van der Waals surface area contributed by atoms with Crippen LogP contribution in [0.3, 0.4) is 0 Å². The molecular formula is C24H18Cl2N2O3. The Morgan fingerprint density at radius 1 is 0.968 bits per heavy atom. The quantitative estimate of drug-likeness (QED) is 0.419. The summed E-state index contributed by atoms with van der Waals surface area (Å²) in [6.45, 7) is 2.32. The van der Waals surface area contributed by atoms with Gasteiger partial charge in [0.2, 0.25) is 0 Å². The molecular weight excluding hydrogens is 435 g/mol. The standard InChI is InChI=1S/C24H18Cl2N2O3/c1-15-6-5-7-16(10-15)14-31-22-20(25)12-17(13-21(22)26)11-19-23(29)27-28(24(19)30)18-8-3-2-4-9-18/h2-13H,14H2,1H3,(H,27,29). The van der Waals surface area contributed by atoms with E-state index < -0.39 is 11.8 Å². The van der Waals surface area contributed by atoms with Gasteiger partial charge in [0, 0.05) is 0 Å². The minimum Gasteiger partial charge on any atom is -0.486 e. The summed E-state index contributed by atoms with van der Waals surface area (Å²) in [5.74, 6) is -0.607. The van der Waals surface area contributed by atoms with E-state index >= 15 is 0 Å². The summed E-state index contributed by atoms with van der Waals surface area (Å²) in [5.41, 5.74) is 5.76. The van der Waals surface area contributed by atoms with Gasteiger partial charge in [-0.15, -0.1) is 0 Å². The number of carbonyl (C=O) groups is 2. The summed E-state index contributed by atoms with van der Waals surface area (Å²) in [4.78, 5) is 25.1. The van der Waals surface area contributed by atoms with E-state index in [2.05, 4.69) is 5.43 Å². The predicted molar refractivity (Wildman–Crippen MR) is 122 cm³/mol. The number of amides is 2. The summed E-state index contributed by atoms with van der Waals surface area (Å²) in [6, 6.07) is 20.0. The van der Waals surface area contributed by atoms with E-state index in [9.17, 15) is 9.59 Å². The number of rotatable bonds is 5. The molecule has 3 aromatic rings. The van der Waals surface area contributed by atoms with Crippen molar-refractivity contribution in [3.05, 3.63) is 99.0 Å². The third kappa shape index (κ3) is 4.58. The number of hydrogen-bond donors (Lipinski definition) is 1. The van der Waals surface area contributed by atoms with Crippen LogP contribution in [-0.2, 0) is 16.2 Å². The first-order valence-corrected chi connectivity index (χ1v) is 10.3. The Balaban J connectivity index is 1.56. The van der Waals surface area contributed by atoms with E-state index in [1.807, 2.05) is 37.3 Å². The number of nitrogens with one attached hydrogen (secondary N) is 1. The number of para-hydroxylation sites is 1. The monoisotopic (exact) mass is 452 g/mol. The molecule has 1 heterocycles. The lowest BCUT2D eigenvalue weighted by Crippen LogP contribution is -2.35. The second-order valence-corrected chi connectivity index (χ2v) is 7.88. The van der Waals surface area contributed by atoms with Crippen LogP contribution in [-0.4, -0.2) is 11.8 Å². The van der Waals surface area contributed by atoms with Crippen LogP contribution >= 0.6 is 23.2 Å². The molecule has 7 heteroatoms. The fourth-order valence-electron chi connectivity index (χ4n) is 3.24. The van der Waals surface area contributed by atoms with Gasteiger partial charge in [-0.3, -0.25) is 15.0 Å². The molecule has 1 aliphatic heterocycles. The first-order chi connectivity index (χ1) is 14.9. The molecule has 0 radical (unpaired) electrons. The van der Waals surface area contributed by atoms with E-state index in [4.69, 9.17) is 27.9 Å². The molecule has 0 atom stereocenters. The third-order valence-corrected chi connectivity index (χ3v) is 5.26. The minimum absolute atomic E-state index is 0.00980. The van der Waals surface area contributed by atoms with Crippen molar-refractivity contribution >= 4 is 46.8 Å². The van der Waals surface area contributed by atoms with E-state index in [0.29, 0.717) is 23.6 Å². The average Bonchev–Trinajstić information content (AvgIpc) is 3.02. The molecule has 0 bridgehead atoms. The molecule has 0 aliphatic carbocycles. The van der Waals surface area contributed by atoms with Crippen LogP contribution in [0, 0.1) is 6.92 Å². The zero-order valence-electron chi connectivity index (χ0n) is 16.6. The number of carbonyl (C=O) groups excluding carboxylic acids is 2. The Labute approximate surface area is 189 Å². The first-order valence-electron chi connectivity index (χ1n) is 9.52. The molecule has 156 valence electrons. The Bertz CT molecular complexity index is 1170. The molecule has 0 spiro atoms. The Morgan fingerprint density at radius 2 is 1.68 bits per heavy atom. The zero-order valence-corrected chi connectivity index (χ0v) is 18.1. The zero-order chi connectivity index (χ0) is 22.0. The van der Waals surface area contributed by atoms with Crippen LogP contribution < -0.4 is 15.2 Å². The van der Waals surface area contributed by atoms with Crippen molar-refractivity contribution in [1.29, 1.82) is 0 Å². The lowest BCUT2D eigenvalue weighted by Gasteiger charge is -2.14.